The Morgan fingerprint density at radius 3 is 2.69 bits per heavy atom. The highest BCUT2D eigenvalue weighted by Gasteiger charge is 2.03. The highest BCUT2D eigenvalue weighted by molar-refractivity contribution is 5.92. The number of ether oxygens (including phenoxy) is 1. The van der Waals surface area contributed by atoms with Gasteiger partial charge < -0.3 is 9.84 Å². The minimum Gasteiger partial charge on any atom is -0.460 e. The summed E-state index contributed by atoms with van der Waals surface area (Å²) in [7, 11) is 0. The van der Waals surface area contributed by atoms with Gasteiger partial charge in [0.25, 0.3) is 0 Å². The first-order valence-electron chi connectivity index (χ1n) is 4.94. The van der Waals surface area contributed by atoms with Crippen LogP contribution in [0.3, 0.4) is 0 Å². The van der Waals surface area contributed by atoms with E-state index < -0.39 is 5.97 Å². The second kappa shape index (κ2) is 6.58. The van der Waals surface area contributed by atoms with E-state index in [2.05, 4.69) is 6.58 Å². The number of aliphatic hydroxyl groups excluding tert-OH is 1. The lowest BCUT2D eigenvalue weighted by atomic mass is 10.2. The molecule has 0 amide bonds. The van der Waals surface area contributed by atoms with Crippen LogP contribution in [0.15, 0.2) is 48.6 Å². The second-order valence-electron chi connectivity index (χ2n) is 3.13. The van der Waals surface area contributed by atoms with Crippen LogP contribution in [0.2, 0.25) is 0 Å². The predicted octanol–water partition coefficient (Wildman–Crippen LogP) is 1.79. The van der Waals surface area contributed by atoms with E-state index in [1.807, 2.05) is 30.3 Å². The highest BCUT2D eigenvalue weighted by Crippen LogP contribution is 2.05. The monoisotopic (exact) mass is 218 g/mol. The molecule has 0 aliphatic heterocycles. The molecule has 0 atom stereocenters. The summed E-state index contributed by atoms with van der Waals surface area (Å²) in [4.78, 5) is 11.2. The van der Waals surface area contributed by atoms with Crippen LogP contribution in [0.4, 0.5) is 0 Å². The zero-order valence-electron chi connectivity index (χ0n) is 8.93. The molecule has 0 radical (unpaired) electrons. The molecule has 1 aromatic rings. The Bertz CT molecular complexity index is 379. The van der Waals surface area contributed by atoms with E-state index in [0.717, 1.165) is 5.56 Å². The first kappa shape index (κ1) is 12.2. The summed E-state index contributed by atoms with van der Waals surface area (Å²) in [5.74, 6) is -0.513. The molecule has 1 N–H and O–H groups in total. The van der Waals surface area contributed by atoms with Crippen molar-refractivity contribution in [2.24, 2.45) is 0 Å². The summed E-state index contributed by atoms with van der Waals surface area (Å²) in [6.45, 7) is 3.40. The van der Waals surface area contributed by atoms with Gasteiger partial charge in [-0.15, -0.1) is 0 Å². The second-order valence-corrected chi connectivity index (χ2v) is 3.13. The zero-order chi connectivity index (χ0) is 11.8. The average Bonchev–Trinajstić information content (AvgIpc) is 2.34. The Kier molecular flexibility index (Phi) is 5.02. The van der Waals surface area contributed by atoms with Crippen LogP contribution >= 0.6 is 0 Å². The standard InChI is InChI=1S/C13H14O3/c1-11(13(15)16-10-9-14)7-8-12-5-3-2-4-6-12/h2-8,14H,1,9-10H2. The molecule has 0 aromatic heterocycles. The molecule has 3 nitrogen and oxygen atoms in total. The van der Waals surface area contributed by atoms with E-state index in [9.17, 15) is 4.79 Å². The average molecular weight is 218 g/mol. The quantitative estimate of drug-likeness (QED) is 0.465. The molecule has 1 aromatic carbocycles. The fraction of sp³-hybridized carbons (Fsp3) is 0.154. The number of rotatable bonds is 5. The molecule has 0 fully saturated rings. The number of hydrogen-bond acceptors (Lipinski definition) is 3. The van der Waals surface area contributed by atoms with Crippen molar-refractivity contribution in [2.45, 2.75) is 0 Å². The zero-order valence-corrected chi connectivity index (χ0v) is 8.93. The third-order valence-electron chi connectivity index (χ3n) is 1.86. The molecule has 0 unspecified atom stereocenters. The lowest BCUT2D eigenvalue weighted by molar-refractivity contribution is -0.139. The van der Waals surface area contributed by atoms with Crippen molar-refractivity contribution in [3.05, 3.63) is 54.1 Å². The van der Waals surface area contributed by atoms with Gasteiger partial charge in [-0.2, -0.15) is 0 Å². The van der Waals surface area contributed by atoms with Crippen LogP contribution in [0.25, 0.3) is 6.08 Å². The summed E-state index contributed by atoms with van der Waals surface area (Å²) in [5.41, 5.74) is 1.25. The SMILES string of the molecule is C=C(C=Cc1ccccc1)C(=O)OCCO. The van der Waals surface area contributed by atoms with Gasteiger partial charge in [0.2, 0.25) is 0 Å². The first-order chi connectivity index (χ1) is 7.74. The van der Waals surface area contributed by atoms with Crippen LogP contribution in [0, 0.1) is 0 Å². The fourth-order valence-electron chi connectivity index (χ4n) is 1.06. The number of aliphatic hydroxyl groups is 1. The Morgan fingerprint density at radius 2 is 2.06 bits per heavy atom. The fourth-order valence-corrected chi connectivity index (χ4v) is 1.06. The molecule has 0 aliphatic rings. The van der Waals surface area contributed by atoms with Crippen molar-refractivity contribution < 1.29 is 14.6 Å². The van der Waals surface area contributed by atoms with E-state index in [-0.39, 0.29) is 18.8 Å². The van der Waals surface area contributed by atoms with Gasteiger partial charge in [-0.3, -0.25) is 0 Å². The van der Waals surface area contributed by atoms with E-state index in [4.69, 9.17) is 9.84 Å². The van der Waals surface area contributed by atoms with Crippen molar-refractivity contribution in [1.82, 2.24) is 0 Å². The summed E-state index contributed by atoms with van der Waals surface area (Å²) >= 11 is 0. The van der Waals surface area contributed by atoms with Gasteiger partial charge in [-0.25, -0.2) is 4.79 Å². The molecule has 0 spiro atoms. The summed E-state index contributed by atoms with van der Waals surface area (Å²) in [5, 5.41) is 8.48. The van der Waals surface area contributed by atoms with Gasteiger partial charge in [-0.05, 0) is 11.6 Å². The molecule has 3 heteroatoms. The normalized spacial score (nSPS) is 10.3. The molecular weight excluding hydrogens is 204 g/mol. The molecule has 1 rings (SSSR count). The minimum absolute atomic E-state index is 0.00295. The molecule has 0 aliphatic carbocycles. The van der Waals surface area contributed by atoms with Crippen molar-refractivity contribution in [2.75, 3.05) is 13.2 Å². The van der Waals surface area contributed by atoms with E-state index >= 15 is 0 Å². The van der Waals surface area contributed by atoms with Crippen molar-refractivity contribution >= 4 is 12.0 Å². The topological polar surface area (TPSA) is 46.5 Å². The minimum atomic E-state index is -0.513. The number of hydrogen-bond donors (Lipinski definition) is 1. The summed E-state index contributed by atoms with van der Waals surface area (Å²) in [6, 6.07) is 9.58. The highest BCUT2D eigenvalue weighted by atomic mass is 16.5. The van der Waals surface area contributed by atoms with E-state index in [1.165, 1.54) is 0 Å². The van der Waals surface area contributed by atoms with Crippen LogP contribution in [-0.2, 0) is 9.53 Å². The summed E-state index contributed by atoms with van der Waals surface area (Å²) in [6.07, 6.45) is 3.37. The number of esters is 1. The molecule has 16 heavy (non-hydrogen) atoms. The van der Waals surface area contributed by atoms with Gasteiger partial charge >= 0.3 is 5.97 Å². The van der Waals surface area contributed by atoms with Crippen LogP contribution in [0.1, 0.15) is 5.56 Å². The van der Waals surface area contributed by atoms with E-state index in [0.29, 0.717) is 0 Å². The van der Waals surface area contributed by atoms with Gasteiger partial charge in [0.1, 0.15) is 6.61 Å². The Labute approximate surface area is 94.7 Å². The maximum Gasteiger partial charge on any atom is 0.337 e. The van der Waals surface area contributed by atoms with Crippen LogP contribution < -0.4 is 0 Å². The van der Waals surface area contributed by atoms with Crippen LogP contribution in [-0.4, -0.2) is 24.3 Å². The van der Waals surface area contributed by atoms with Crippen molar-refractivity contribution in [1.29, 1.82) is 0 Å². The van der Waals surface area contributed by atoms with Gasteiger partial charge in [0, 0.05) is 0 Å². The molecule has 0 saturated carbocycles. The third-order valence-corrected chi connectivity index (χ3v) is 1.86. The number of carbonyl (C=O) groups excluding carboxylic acids is 1. The molecule has 0 saturated heterocycles. The third kappa shape index (κ3) is 4.11. The predicted molar refractivity (Wildman–Crippen MR) is 62.7 cm³/mol. The van der Waals surface area contributed by atoms with Gasteiger partial charge in [-0.1, -0.05) is 43.0 Å². The maximum atomic E-state index is 11.2. The van der Waals surface area contributed by atoms with Gasteiger partial charge in [0.05, 0.1) is 12.2 Å². The van der Waals surface area contributed by atoms with E-state index in [1.54, 1.807) is 12.2 Å². The lowest BCUT2D eigenvalue weighted by Gasteiger charge is -2.01. The number of carbonyl (C=O) groups is 1. The Balaban J connectivity index is 2.51. The molecular formula is C13H14O3. The summed E-state index contributed by atoms with van der Waals surface area (Å²) < 4.78 is 4.70. The Morgan fingerprint density at radius 1 is 1.38 bits per heavy atom. The molecule has 0 bridgehead atoms. The van der Waals surface area contributed by atoms with Crippen molar-refractivity contribution in [3.8, 4) is 0 Å². The molecule has 84 valence electrons. The lowest BCUT2D eigenvalue weighted by Crippen LogP contribution is -2.08. The van der Waals surface area contributed by atoms with Gasteiger partial charge in [0.15, 0.2) is 0 Å². The Hall–Kier alpha value is -1.87. The smallest absolute Gasteiger partial charge is 0.337 e. The largest absolute Gasteiger partial charge is 0.460 e. The number of benzene rings is 1. The molecule has 0 heterocycles. The maximum absolute atomic E-state index is 11.2. The van der Waals surface area contributed by atoms with Crippen LogP contribution in [0.5, 0.6) is 0 Å². The first-order valence-corrected chi connectivity index (χ1v) is 4.94. The van der Waals surface area contributed by atoms with Crippen molar-refractivity contribution in [3.63, 3.8) is 0 Å².